The molecule has 0 saturated heterocycles. The molecule has 1 rings (SSSR count). The molecule has 0 aliphatic heterocycles. The predicted molar refractivity (Wildman–Crippen MR) is 87.2 cm³/mol. The smallest absolute Gasteiger partial charge is 0.119 e. The van der Waals surface area contributed by atoms with Crippen LogP contribution in [0.3, 0.4) is 0 Å². The number of benzene rings is 1. The molecule has 0 N–H and O–H groups in total. The Hall–Kier alpha value is -0.500. The van der Waals surface area contributed by atoms with E-state index in [1.54, 1.807) is 0 Å². The highest BCUT2D eigenvalue weighted by Crippen LogP contribution is 2.15. The Balaban J connectivity index is 1.95. The van der Waals surface area contributed by atoms with Gasteiger partial charge >= 0.3 is 0 Å². The van der Waals surface area contributed by atoms with Gasteiger partial charge < -0.3 is 4.74 Å². The molecule has 19 heavy (non-hydrogen) atoms. The van der Waals surface area contributed by atoms with Crippen molar-refractivity contribution in [3.63, 3.8) is 0 Å². The summed E-state index contributed by atoms with van der Waals surface area (Å²) in [5, 5.41) is 0.908. The van der Waals surface area contributed by atoms with Crippen LogP contribution in [-0.4, -0.2) is 6.61 Å². The molecule has 1 aromatic rings. The van der Waals surface area contributed by atoms with Crippen LogP contribution in [0.15, 0.2) is 24.3 Å². The topological polar surface area (TPSA) is 9.23 Å². The van der Waals surface area contributed by atoms with Gasteiger partial charge in [0.2, 0.25) is 0 Å². The van der Waals surface area contributed by atoms with Gasteiger partial charge in [-0.25, -0.2) is 0 Å². The van der Waals surface area contributed by atoms with Gasteiger partial charge in [0.05, 0.1) is 6.61 Å². The number of hydrogen-bond acceptors (Lipinski definition) is 1. The minimum Gasteiger partial charge on any atom is -0.494 e. The summed E-state index contributed by atoms with van der Waals surface area (Å²) in [6.07, 6.45) is 10.8. The van der Waals surface area contributed by atoms with Gasteiger partial charge in [-0.05, 0) is 24.1 Å². The zero-order valence-electron chi connectivity index (χ0n) is 12.2. The van der Waals surface area contributed by atoms with E-state index in [0.29, 0.717) is 0 Å². The Morgan fingerprint density at radius 1 is 0.842 bits per heavy atom. The average molecular weight is 327 g/mol. The lowest BCUT2D eigenvalue weighted by Crippen LogP contribution is -1.97. The Kier molecular flexibility index (Phi) is 9.88. The van der Waals surface area contributed by atoms with Crippen molar-refractivity contribution in [3.8, 4) is 5.75 Å². The maximum atomic E-state index is 5.74. The van der Waals surface area contributed by atoms with E-state index in [9.17, 15) is 0 Å². The molecule has 108 valence electrons. The first-order chi connectivity index (χ1) is 9.36. The Bertz CT molecular complexity index is 308. The van der Waals surface area contributed by atoms with Crippen LogP contribution in [0, 0.1) is 0 Å². The van der Waals surface area contributed by atoms with Crippen molar-refractivity contribution >= 4 is 15.9 Å². The summed E-state index contributed by atoms with van der Waals surface area (Å²) in [5.74, 6) is 0.993. The summed E-state index contributed by atoms with van der Waals surface area (Å²) in [5.41, 5.74) is 1.29. The fourth-order valence-corrected chi connectivity index (χ4v) is 2.47. The SMILES string of the molecule is CCCCCCCCCCOc1ccc(CBr)cc1. The number of alkyl halides is 1. The quantitative estimate of drug-likeness (QED) is 0.352. The van der Waals surface area contributed by atoms with Crippen LogP contribution in [0.1, 0.15) is 63.9 Å². The number of ether oxygens (including phenoxy) is 1. The normalized spacial score (nSPS) is 10.6. The second-order valence-electron chi connectivity index (χ2n) is 5.10. The number of unbranched alkanes of at least 4 members (excludes halogenated alkanes) is 7. The van der Waals surface area contributed by atoms with Gasteiger partial charge in [-0.2, -0.15) is 0 Å². The second kappa shape index (κ2) is 11.3. The molecule has 0 bridgehead atoms. The molecule has 0 fully saturated rings. The van der Waals surface area contributed by atoms with Crippen LogP contribution in [0.25, 0.3) is 0 Å². The van der Waals surface area contributed by atoms with Gasteiger partial charge in [0.15, 0.2) is 0 Å². The lowest BCUT2D eigenvalue weighted by atomic mass is 10.1. The Morgan fingerprint density at radius 3 is 2.00 bits per heavy atom. The molecule has 0 aliphatic carbocycles. The van der Waals surface area contributed by atoms with E-state index in [-0.39, 0.29) is 0 Å². The largest absolute Gasteiger partial charge is 0.494 e. The zero-order valence-corrected chi connectivity index (χ0v) is 13.8. The van der Waals surface area contributed by atoms with Crippen molar-refractivity contribution in [2.24, 2.45) is 0 Å². The van der Waals surface area contributed by atoms with Crippen molar-refractivity contribution in [1.29, 1.82) is 0 Å². The summed E-state index contributed by atoms with van der Waals surface area (Å²) >= 11 is 3.44. The van der Waals surface area contributed by atoms with Crippen LogP contribution in [-0.2, 0) is 5.33 Å². The summed E-state index contributed by atoms with van der Waals surface area (Å²) in [6.45, 7) is 3.12. The van der Waals surface area contributed by atoms with E-state index in [1.165, 1.54) is 56.9 Å². The zero-order chi connectivity index (χ0) is 13.8. The van der Waals surface area contributed by atoms with Gasteiger partial charge in [0, 0.05) is 5.33 Å². The third kappa shape index (κ3) is 8.30. The predicted octanol–water partition coefficient (Wildman–Crippen LogP) is 6.10. The Labute approximate surface area is 126 Å². The van der Waals surface area contributed by atoms with E-state index in [2.05, 4.69) is 47.1 Å². The first-order valence-corrected chi connectivity index (χ1v) is 8.76. The molecule has 1 nitrogen and oxygen atoms in total. The number of rotatable bonds is 11. The highest BCUT2D eigenvalue weighted by molar-refractivity contribution is 9.08. The molecular weight excluding hydrogens is 300 g/mol. The number of hydrogen-bond donors (Lipinski definition) is 0. The molecule has 0 aromatic heterocycles. The van der Waals surface area contributed by atoms with Crippen molar-refractivity contribution in [1.82, 2.24) is 0 Å². The maximum Gasteiger partial charge on any atom is 0.119 e. The molecule has 0 amide bonds. The van der Waals surface area contributed by atoms with E-state index in [0.717, 1.165) is 17.7 Å². The van der Waals surface area contributed by atoms with Crippen LogP contribution >= 0.6 is 15.9 Å². The summed E-state index contributed by atoms with van der Waals surface area (Å²) in [6, 6.07) is 8.33. The van der Waals surface area contributed by atoms with E-state index in [4.69, 9.17) is 4.74 Å². The molecule has 0 saturated carbocycles. The lowest BCUT2D eigenvalue weighted by molar-refractivity contribution is 0.304. The molecule has 0 aliphatic rings. The lowest BCUT2D eigenvalue weighted by Gasteiger charge is -2.06. The fourth-order valence-electron chi connectivity index (χ4n) is 2.10. The summed E-state index contributed by atoms with van der Waals surface area (Å²) < 4.78 is 5.74. The third-order valence-electron chi connectivity index (χ3n) is 3.34. The first kappa shape index (κ1) is 16.6. The minimum absolute atomic E-state index is 0.850. The first-order valence-electron chi connectivity index (χ1n) is 7.64. The van der Waals surface area contributed by atoms with Crippen LogP contribution in [0.2, 0.25) is 0 Å². The second-order valence-corrected chi connectivity index (χ2v) is 5.66. The van der Waals surface area contributed by atoms with Gasteiger partial charge in [-0.3, -0.25) is 0 Å². The molecule has 0 spiro atoms. The van der Waals surface area contributed by atoms with Crippen molar-refractivity contribution in [3.05, 3.63) is 29.8 Å². The molecule has 2 heteroatoms. The monoisotopic (exact) mass is 326 g/mol. The van der Waals surface area contributed by atoms with Crippen molar-refractivity contribution in [2.75, 3.05) is 6.61 Å². The molecule has 0 heterocycles. The molecule has 1 aromatic carbocycles. The third-order valence-corrected chi connectivity index (χ3v) is 3.99. The molecule has 0 unspecified atom stereocenters. The molecule has 0 radical (unpaired) electrons. The van der Waals surface area contributed by atoms with E-state index >= 15 is 0 Å². The number of halogens is 1. The standard InChI is InChI=1S/C17H27BrO/c1-2-3-4-5-6-7-8-9-14-19-17-12-10-16(15-18)11-13-17/h10-13H,2-9,14-15H2,1H3. The fraction of sp³-hybridized carbons (Fsp3) is 0.647. The maximum absolute atomic E-state index is 5.74. The highest BCUT2D eigenvalue weighted by atomic mass is 79.9. The molecule has 0 atom stereocenters. The van der Waals surface area contributed by atoms with E-state index in [1.807, 2.05) is 0 Å². The van der Waals surface area contributed by atoms with Gasteiger partial charge in [0.25, 0.3) is 0 Å². The van der Waals surface area contributed by atoms with Crippen LogP contribution < -0.4 is 4.74 Å². The minimum atomic E-state index is 0.850. The molecular formula is C17H27BrO. The highest BCUT2D eigenvalue weighted by Gasteiger charge is 1.95. The Morgan fingerprint density at radius 2 is 1.42 bits per heavy atom. The van der Waals surface area contributed by atoms with E-state index < -0.39 is 0 Å². The average Bonchev–Trinajstić information content (AvgIpc) is 2.46. The summed E-state index contributed by atoms with van der Waals surface area (Å²) in [7, 11) is 0. The van der Waals surface area contributed by atoms with Gasteiger partial charge in [0.1, 0.15) is 5.75 Å². The van der Waals surface area contributed by atoms with Gasteiger partial charge in [-0.1, -0.05) is 79.9 Å². The summed E-state index contributed by atoms with van der Waals surface area (Å²) in [4.78, 5) is 0. The van der Waals surface area contributed by atoms with Gasteiger partial charge in [-0.15, -0.1) is 0 Å². The van der Waals surface area contributed by atoms with Crippen LogP contribution in [0.5, 0.6) is 5.75 Å². The van der Waals surface area contributed by atoms with Crippen molar-refractivity contribution < 1.29 is 4.74 Å². The van der Waals surface area contributed by atoms with Crippen molar-refractivity contribution in [2.45, 2.75) is 63.6 Å². The van der Waals surface area contributed by atoms with Crippen LogP contribution in [0.4, 0.5) is 0 Å².